The number of aliphatic hydroxyl groups is 5. The van der Waals surface area contributed by atoms with E-state index in [0.717, 1.165) is 5.56 Å². The van der Waals surface area contributed by atoms with Gasteiger partial charge in [0.2, 0.25) is 0 Å². The van der Waals surface area contributed by atoms with Crippen molar-refractivity contribution in [3.63, 3.8) is 0 Å². The Morgan fingerprint density at radius 1 is 0.643 bits per heavy atom. The standard InChI is InChI=1S/C35H38O7/c1-41-29-19-17-28(18-20-29)24-35(40)33(38,22-26-13-7-3-8-14-26)31(30(36)21-25-11-5-2-6-12-25)42-32(37)34(35,39)23-27-15-9-4-10-16-27/h2-20,30-32,36-40H,21-24H2,1H3/t30?,31-,32+,33-,34-,35+/m1/s1. The highest BCUT2D eigenvalue weighted by Gasteiger charge is 2.72. The number of hydrogen-bond acceptors (Lipinski definition) is 7. The van der Waals surface area contributed by atoms with Crippen LogP contribution >= 0.6 is 0 Å². The van der Waals surface area contributed by atoms with E-state index in [1.807, 2.05) is 54.6 Å². The number of benzene rings is 4. The third-order valence-electron chi connectivity index (χ3n) is 8.48. The predicted octanol–water partition coefficient (Wildman–Crippen LogP) is 3.24. The first-order valence-electron chi connectivity index (χ1n) is 14.1. The minimum atomic E-state index is -2.40. The highest BCUT2D eigenvalue weighted by molar-refractivity contribution is 5.35. The molecule has 42 heavy (non-hydrogen) atoms. The molecule has 5 rings (SSSR count). The average molecular weight is 571 g/mol. The molecule has 1 aliphatic rings. The van der Waals surface area contributed by atoms with Gasteiger partial charge in [0, 0.05) is 25.7 Å². The zero-order valence-electron chi connectivity index (χ0n) is 23.6. The fraction of sp³-hybridized carbons (Fsp3) is 0.314. The quantitative estimate of drug-likeness (QED) is 0.199. The van der Waals surface area contributed by atoms with Gasteiger partial charge in [-0.2, -0.15) is 0 Å². The molecule has 1 heterocycles. The number of hydrogen-bond donors (Lipinski definition) is 5. The molecule has 0 aliphatic carbocycles. The molecule has 0 spiro atoms. The van der Waals surface area contributed by atoms with Gasteiger partial charge in [0.15, 0.2) is 11.9 Å². The Morgan fingerprint density at radius 3 is 1.60 bits per heavy atom. The van der Waals surface area contributed by atoms with Crippen molar-refractivity contribution in [2.24, 2.45) is 0 Å². The molecule has 0 amide bonds. The Morgan fingerprint density at radius 2 is 1.10 bits per heavy atom. The van der Waals surface area contributed by atoms with Crippen LogP contribution in [0.25, 0.3) is 0 Å². The molecular formula is C35H38O7. The third kappa shape index (κ3) is 5.72. The van der Waals surface area contributed by atoms with Gasteiger partial charge >= 0.3 is 0 Å². The van der Waals surface area contributed by atoms with Crippen molar-refractivity contribution in [2.45, 2.75) is 61.0 Å². The van der Waals surface area contributed by atoms with Crippen LogP contribution in [0.4, 0.5) is 0 Å². The molecule has 1 aliphatic heterocycles. The van der Waals surface area contributed by atoms with Crippen molar-refractivity contribution in [1.29, 1.82) is 0 Å². The second-order valence-electron chi connectivity index (χ2n) is 11.2. The van der Waals surface area contributed by atoms with Crippen molar-refractivity contribution < 1.29 is 35.0 Å². The largest absolute Gasteiger partial charge is 0.497 e. The zero-order chi connectivity index (χ0) is 29.8. The fourth-order valence-electron chi connectivity index (χ4n) is 6.19. The van der Waals surface area contributed by atoms with Crippen LogP contribution in [0.15, 0.2) is 115 Å². The Kier molecular flexibility index (Phi) is 8.80. The van der Waals surface area contributed by atoms with E-state index in [4.69, 9.17) is 9.47 Å². The van der Waals surface area contributed by atoms with Crippen LogP contribution < -0.4 is 4.74 Å². The molecule has 0 saturated carbocycles. The molecule has 4 aromatic rings. The van der Waals surface area contributed by atoms with E-state index in [1.165, 1.54) is 0 Å². The number of methoxy groups -OCH3 is 1. The van der Waals surface area contributed by atoms with Crippen molar-refractivity contribution in [3.8, 4) is 5.75 Å². The lowest BCUT2D eigenvalue weighted by molar-refractivity contribution is -0.401. The van der Waals surface area contributed by atoms with Crippen LogP contribution in [0.3, 0.4) is 0 Å². The molecule has 0 bridgehead atoms. The van der Waals surface area contributed by atoms with Crippen molar-refractivity contribution >= 4 is 0 Å². The summed E-state index contributed by atoms with van der Waals surface area (Å²) < 4.78 is 11.3. The molecule has 7 heteroatoms. The van der Waals surface area contributed by atoms with Crippen molar-refractivity contribution in [3.05, 3.63) is 138 Å². The summed E-state index contributed by atoms with van der Waals surface area (Å²) in [6, 6.07) is 34.2. The van der Waals surface area contributed by atoms with Crippen molar-refractivity contribution in [1.82, 2.24) is 0 Å². The fourth-order valence-corrected chi connectivity index (χ4v) is 6.19. The van der Waals surface area contributed by atoms with Crippen LogP contribution in [0, 0.1) is 0 Å². The lowest BCUT2D eigenvalue weighted by Crippen LogP contribution is -2.83. The lowest BCUT2D eigenvalue weighted by Gasteiger charge is -2.61. The normalized spacial score (nSPS) is 28.2. The monoisotopic (exact) mass is 570 g/mol. The van der Waals surface area contributed by atoms with E-state index in [1.54, 1.807) is 67.8 Å². The van der Waals surface area contributed by atoms with Crippen molar-refractivity contribution in [2.75, 3.05) is 7.11 Å². The van der Waals surface area contributed by atoms with Crippen LogP contribution in [-0.4, -0.2) is 67.9 Å². The highest BCUT2D eigenvalue weighted by atomic mass is 16.6. The van der Waals surface area contributed by atoms with Crippen LogP contribution in [0.1, 0.15) is 22.3 Å². The van der Waals surface area contributed by atoms with Gasteiger partial charge in [0.05, 0.1) is 13.2 Å². The summed E-state index contributed by atoms with van der Waals surface area (Å²) in [4.78, 5) is 0. The van der Waals surface area contributed by atoms with Gasteiger partial charge in [0.25, 0.3) is 0 Å². The summed E-state index contributed by atoms with van der Waals surface area (Å²) in [5.74, 6) is 0.605. The smallest absolute Gasteiger partial charge is 0.187 e. The molecule has 1 fully saturated rings. The predicted molar refractivity (Wildman–Crippen MR) is 159 cm³/mol. The number of ether oxygens (including phenoxy) is 2. The highest BCUT2D eigenvalue weighted by Crippen LogP contribution is 2.50. The topological polar surface area (TPSA) is 120 Å². The Balaban J connectivity index is 1.66. The van der Waals surface area contributed by atoms with Gasteiger partial charge in [-0.05, 0) is 34.4 Å². The van der Waals surface area contributed by atoms with E-state index in [2.05, 4.69) is 0 Å². The Bertz CT molecular complexity index is 1420. The summed E-state index contributed by atoms with van der Waals surface area (Å²) >= 11 is 0. The van der Waals surface area contributed by atoms with Crippen LogP contribution in [0.5, 0.6) is 5.75 Å². The number of aliphatic hydroxyl groups excluding tert-OH is 2. The van der Waals surface area contributed by atoms with Gasteiger partial charge in [-0.3, -0.25) is 0 Å². The second kappa shape index (κ2) is 12.4. The molecule has 5 N–H and O–H groups in total. The van der Waals surface area contributed by atoms with Gasteiger partial charge in [-0.15, -0.1) is 0 Å². The van der Waals surface area contributed by atoms with E-state index < -0.39 is 35.3 Å². The maximum absolute atomic E-state index is 12.9. The molecule has 220 valence electrons. The van der Waals surface area contributed by atoms with E-state index in [-0.39, 0.29) is 25.7 Å². The molecule has 1 unspecified atom stereocenters. The summed E-state index contributed by atoms with van der Waals surface area (Å²) in [7, 11) is 1.55. The average Bonchev–Trinajstić information content (AvgIpc) is 3.00. The Labute approximate surface area is 246 Å². The molecular weight excluding hydrogens is 532 g/mol. The van der Waals surface area contributed by atoms with Crippen LogP contribution in [0.2, 0.25) is 0 Å². The molecule has 6 atom stereocenters. The minimum absolute atomic E-state index is 0.0883. The van der Waals surface area contributed by atoms with Gasteiger partial charge < -0.3 is 35.0 Å². The van der Waals surface area contributed by atoms with Gasteiger partial charge in [-0.25, -0.2) is 0 Å². The molecule has 0 aromatic heterocycles. The van der Waals surface area contributed by atoms with Crippen LogP contribution in [-0.2, 0) is 30.4 Å². The molecule has 1 saturated heterocycles. The maximum atomic E-state index is 12.9. The summed E-state index contributed by atoms with van der Waals surface area (Å²) in [5.41, 5.74) is -4.38. The van der Waals surface area contributed by atoms with E-state index in [9.17, 15) is 25.5 Å². The first kappa shape index (κ1) is 29.9. The molecule has 7 nitrogen and oxygen atoms in total. The Hall–Kier alpha value is -3.56. The van der Waals surface area contributed by atoms with Gasteiger partial charge in [-0.1, -0.05) is 103 Å². The van der Waals surface area contributed by atoms with Gasteiger partial charge in [0.1, 0.15) is 23.1 Å². The summed E-state index contributed by atoms with van der Waals surface area (Å²) in [5, 5.41) is 61.2. The SMILES string of the molecule is COc1ccc(C[C@]2(O)[C@@](O)(Cc3ccccc3)[C@@H](C(O)Cc3ccccc3)O[C@H](O)[C@]2(O)Cc2ccccc2)cc1. The third-order valence-corrected chi connectivity index (χ3v) is 8.48. The molecule has 4 aromatic carbocycles. The minimum Gasteiger partial charge on any atom is -0.497 e. The summed E-state index contributed by atoms with van der Waals surface area (Å²) in [6.07, 6.45) is -5.29. The first-order valence-corrected chi connectivity index (χ1v) is 14.1. The lowest BCUT2D eigenvalue weighted by atomic mass is 9.59. The number of rotatable bonds is 10. The van der Waals surface area contributed by atoms with E-state index >= 15 is 0 Å². The van der Waals surface area contributed by atoms with E-state index in [0.29, 0.717) is 22.4 Å². The first-order chi connectivity index (χ1) is 20.2. The zero-order valence-corrected chi connectivity index (χ0v) is 23.6. The molecule has 0 radical (unpaired) electrons. The maximum Gasteiger partial charge on any atom is 0.187 e. The second-order valence-corrected chi connectivity index (χ2v) is 11.2. The summed E-state index contributed by atoms with van der Waals surface area (Å²) in [6.45, 7) is 0.